The molecule has 1 amide bonds. The van der Waals surface area contributed by atoms with Gasteiger partial charge in [0, 0.05) is 21.8 Å². The fourth-order valence-electron chi connectivity index (χ4n) is 3.21. The number of nitrogens with one attached hydrogen (secondary N) is 1. The van der Waals surface area contributed by atoms with Gasteiger partial charge in [-0.25, -0.2) is 0 Å². The summed E-state index contributed by atoms with van der Waals surface area (Å²) in [6.45, 7) is 0. The topological polar surface area (TPSA) is 55.1 Å². The summed E-state index contributed by atoms with van der Waals surface area (Å²) in [7, 11) is 0. The fraction of sp³-hybridized carbons (Fsp3) is 0.500. The van der Waals surface area contributed by atoms with Crippen LogP contribution in [0, 0.1) is 17.8 Å². The third-order valence-corrected chi connectivity index (χ3v) is 4.91. The molecule has 96 valence electrons. The molecule has 0 heterocycles. The Kier molecular flexibility index (Phi) is 3.06. The Morgan fingerprint density at radius 2 is 1.94 bits per heavy atom. The molecule has 0 aromatic heterocycles. The monoisotopic (exact) mass is 308 g/mol. The summed E-state index contributed by atoms with van der Waals surface area (Å²) in [6, 6.07) is 5.52. The molecule has 2 aliphatic rings. The van der Waals surface area contributed by atoms with E-state index in [1.807, 2.05) is 12.1 Å². The third kappa shape index (κ3) is 2.14. The van der Waals surface area contributed by atoms with Gasteiger partial charge >= 0.3 is 0 Å². The normalized spacial score (nSPS) is 29.5. The molecule has 2 atom stereocenters. The average Bonchev–Trinajstić information content (AvgIpc) is 3.08. The quantitative estimate of drug-likeness (QED) is 0.823. The molecule has 0 radical (unpaired) electrons. The standard InChI is InChI=1S/C14H17BrN2O/c15-11-7-8(5-6-12(11)16)17-14(18)13-9-3-1-2-4-10(9)13/h5-7,9-10,13H,1-4,16H2,(H,17,18). The number of carbonyl (C=O) groups excluding carboxylic acids is 1. The molecular weight excluding hydrogens is 292 g/mol. The highest BCUT2D eigenvalue weighted by molar-refractivity contribution is 9.10. The summed E-state index contributed by atoms with van der Waals surface area (Å²) in [6.07, 6.45) is 5.04. The van der Waals surface area contributed by atoms with E-state index in [0.717, 1.165) is 10.2 Å². The Labute approximate surface area is 115 Å². The number of anilines is 2. The summed E-state index contributed by atoms with van der Waals surface area (Å²) in [5, 5.41) is 3.00. The van der Waals surface area contributed by atoms with Gasteiger partial charge in [-0.05, 0) is 58.8 Å². The number of nitrogens with two attached hydrogens (primary N) is 1. The second kappa shape index (κ2) is 4.57. The Morgan fingerprint density at radius 3 is 2.56 bits per heavy atom. The highest BCUT2D eigenvalue weighted by atomic mass is 79.9. The number of carbonyl (C=O) groups is 1. The maximum Gasteiger partial charge on any atom is 0.228 e. The van der Waals surface area contributed by atoms with Gasteiger partial charge in [-0.15, -0.1) is 0 Å². The van der Waals surface area contributed by atoms with Gasteiger partial charge in [0.2, 0.25) is 5.91 Å². The summed E-state index contributed by atoms with van der Waals surface area (Å²) in [4.78, 5) is 12.2. The van der Waals surface area contributed by atoms with Gasteiger partial charge in [-0.3, -0.25) is 4.79 Å². The van der Waals surface area contributed by atoms with E-state index in [4.69, 9.17) is 5.73 Å². The number of rotatable bonds is 2. The van der Waals surface area contributed by atoms with Crippen molar-refractivity contribution in [3.8, 4) is 0 Å². The van der Waals surface area contributed by atoms with Crippen LogP contribution in [-0.2, 0) is 4.79 Å². The predicted octanol–water partition coefficient (Wildman–Crippen LogP) is 3.41. The SMILES string of the molecule is Nc1ccc(NC(=O)C2C3CCCCC32)cc1Br. The summed E-state index contributed by atoms with van der Waals surface area (Å²) >= 11 is 3.37. The number of halogens is 1. The lowest BCUT2D eigenvalue weighted by Gasteiger charge is -2.06. The number of hydrogen-bond donors (Lipinski definition) is 2. The molecule has 18 heavy (non-hydrogen) atoms. The molecule has 2 fully saturated rings. The number of nitrogen functional groups attached to an aromatic ring is 1. The molecule has 2 unspecified atom stereocenters. The fourth-order valence-corrected chi connectivity index (χ4v) is 3.59. The molecule has 4 heteroatoms. The van der Waals surface area contributed by atoms with E-state index in [1.54, 1.807) is 6.07 Å². The first kappa shape index (κ1) is 12.0. The first-order valence-electron chi connectivity index (χ1n) is 6.52. The smallest absolute Gasteiger partial charge is 0.228 e. The third-order valence-electron chi connectivity index (χ3n) is 4.23. The van der Waals surface area contributed by atoms with Crippen LogP contribution in [-0.4, -0.2) is 5.91 Å². The van der Waals surface area contributed by atoms with E-state index in [1.165, 1.54) is 25.7 Å². The Morgan fingerprint density at radius 1 is 1.28 bits per heavy atom. The van der Waals surface area contributed by atoms with E-state index in [2.05, 4.69) is 21.2 Å². The molecule has 0 saturated heterocycles. The van der Waals surface area contributed by atoms with Gasteiger partial charge in [0.1, 0.15) is 0 Å². The minimum atomic E-state index is 0.184. The van der Waals surface area contributed by atoms with Crippen LogP contribution in [0.25, 0.3) is 0 Å². The predicted molar refractivity (Wildman–Crippen MR) is 76.1 cm³/mol. The van der Waals surface area contributed by atoms with E-state index in [9.17, 15) is 4.79 Å². The lowest BCUT2D eigenvalue weighted by atomic mass is 10.0. The zero-order chi connectivity index (χ0) is 12.7. The molecule has 3 nitrogen and oxygen atoms in total. The van der Waals surface area contributed by atoms with Crippen LogP contribution in [0.2, 0.25) is 0 Å². The summed E-state index contributed by atoms with van der Waals surface area (Å²) in [5.41, 5.74) is 7.24. The Balaban J connectivity index is 1.66. The highest BCUT2D eigenvalue weighted by Crippen LogP contribution is 2.55. The van der Waals surface area contributed by atoms with Gasteiger partial charge in [-0.2, -0.15) is 0 Å². The molecular formula is C14H17BrN2O. The lowest BCUT2D eigenvalue weighted by Crippen LogP contribution is -2.15. The highest BCUT2D eigenvalue weighted by Gasteiger charge is 2.54. The van der Waals surface area contributed by atoms with E-state index in [0.29, 0.717) is 17.5 Å². The number of hydrogen-bond acceptors (Lipinski definition) is 2. The van der Waals surface area contributed by atoms with Gasteiger partial charge in [-0.1, -0.05) is 12.8 Å². The van der Waals surface area contributed by atoms with Crippen molar-refractivity contribution in [1.82, 2.24) is 0 Å². The van der Waals surface area contributed by atoms with E-state index < -0.39 is 0 Å². The number of benzene rings is 1. The van der Waals surface area contributed by atoms with Crippen molar-refractivity contribution in [2.75, 3.05) is 11.1 Å². The molecule has 1 aromatic carbocycles. The number of fused-ring (bicyclic) bond motifs is 1. The van der Waals surface area contributed by atoms with Crippen molar-refractivity contribution in [2.45, 2.75) is 25.7 Å². The minimum absolute atomic E-state index is 0.184. The lowest BCUT2D eigenvalue weighted by molar-refractivity contribution is -0.117. The molecule has 1 aromatic rings. The van der Waals surface area contributed by atoms with Gasteiger partial charge in [0.05, 0.1) is 0 Å². The Hall–Kier alpha value is -1.03. The van der Waals surface area contributed by atoms with Crippen molar-refractivity contribution in [1.29, 1.82) is 0 Å². The molecule has 2 aliphatic carbocycles. The molecule has 2 saturated carbocycles. The van der Waals surface area contributed by atoms with Crippen LogP contribution in [0.15, 0.2) is 22.7 Å². The molecule has 3 rings (SSSR count). The van der Waals surface area contributed by atoms with Crippen LogP contribution < -0.4 is 11.1 Å². The van der Waals surface area contributed by atoms with E-state index in [-0.39, 0.29) is 11.8 Å². The second-order valence-electron chi connectivity index (χ2n) is 5.36. The zero-order valence-corrected chi connectivity index (χ0v) is 11.7. The molecule has 3 N–H and O–H groups in total. The molecule has 0 bridgehead atoms. The van der Waals surface area contributed by atoms with Crippen LogP contribution in [0.4, 0.5) is 11.4 Å². The first-order chi connectivity index (χ1) is 8.66. The largest absolute Gasteiger partial charge is 0.398 e. The van der Waals surface area contributed by atoms with Crippen LogP contribution in [0.3, 0.4) is 0 Å². The van der Waals surface area contributed by atoms with Crippen molar-refractivity contribution in [3.63, 3.8) is 0 Å². The van der Waals surface area contributed by atoms with Crippen molar-refractivity contribution < 1.29 is 4.79 Å². The maximum atomic E-state index is 12.2. The summed E-state index contributed by atoms with van der Waals surface area (Å²) < 4.78 is 0.827. The van der Waals surface area contributed by atoms with Gasteiger partial charge < -0.3 is 11.1 Å². The zero-order valence-electron chi connectivity index (χ0n) is 10.2. The average molecular weight is 309 g/mol. The number of amides is 1. The molecule has 0 spiro atoms. The summed E-state index contributed by atoms with van der Waals surface area (Å²) in [5.74, 6) is 1.74. The second-order valence-corrected chi connectivity index (χ2v) is 6.22. The van der Waals surface area contributed by atoms with Gasteiger partial charge in [0.15, 0.2) is 0 Å². The van der Waals surface area contributed by atoms with Crippen molar-refractivity contribution in [2.24, 2.45) is 17.8 Å². The van der Waals surface area contributed by atoms with Crippen molar-refractivity contribution in [3.05, 3.63) is 22.7 Å². The maximum absolute atomic E-state index is 12.2. The molecule has 0 aliphatic heterocycles. The van der Waals surface area contributed by atoms with Crippen LogP contribution >= 0.6 is 15.9 Å². The van der Waals surface area contributed by atoms with Crippen LogP contribution in [0.5, 0.6) is 0 Å². The van der Waals surface area contributed by atoms with Gasteiger partial charge in [0.25, 0.3) is 0 Å². The first-order valence-corrected chi connectivity index (χ1v) is 7.32. The minimum Gasteiger partial charge on any atom is -0.398 e. The van der Waals surface area contributed by atoms with E-state index >= 15 is 0 Å². The van der Waals surface area contributed by atoms with Crippen LogP contribution in [0.1, 0.15) is 25.7 Å². The van der Waals surface area contributed by atoms with Crippen molar-refractivity contribution >= 4 is 33.2 Å². The Bertz CT molecular complexity index is 477.